The van der Waals surface area contributed by atoms with E-state index in [0.29, 0.717) is 11.1 Å². The third kappa shape index (κ3) is 4.69. The van der Waals surface area contributed by atoms with Crippen molar-refractivity contribution in [3.8, 4) is 6.07 Å². The second-order valence-electron chi connectivity index (χ2n) is 4.00. The molecule has 0 radical (unpaired) electrons. The highest BCUT2D eigenvalue weighted by Gasteiger charge is 2.16. The molecule has 1 N–H and O–H groups in total. The average Bonchev–Trinajstić information content (AvgIpc) is 2.28. The van der Waals surface area contributed by atoms with Gasteiger partial charge in [0.05, 0.1) is 17.4 Å². The first kappa shape index (κ1) is 15.0. The highest BCUT2D eigenvalue weighted by atomic mass is 32.2. The quantitative estimate of drug-likeness (QED) is 0.863. The molecule has 6 heteroatoms. The summed E-state index contributed by atoms with van der Waals surface area (Å²) in [7, 11) is -3.40. The summed E-state index contributed by atoms with van der Waals surface area (Å²) < 4.78 is 26.4. The van der Waals surface area contributed by atoms with Crippen LogP contribution in [-0.4, -0.2) is 26.5 Å². The Bertz CT molecular complexity index is 535. The van der Waals surface area contributed by atoms with E-state index in [1.807, 2.05) is 19.2 Å². The number of benzene rings is 1. The van der Waals surface area contributed by atoms with Crippen molar-refractivity contribution in [2.24, 2.45) is 0 Å². The summed E-state index contributed by atoms with van der Waals surface area (Å²) in [5.41, 5.74) is 0.934. The molecule has 0 saturated heterocycles. The number of nitrogens with one attached hydrogen (secondary N) is 1. The van der Waals surface area contributed by atoms with Gasteiger partial charge in [0.15, 0.2) is 0 Å². The number of nitrogens with zero attached hydrogens (tertiary/aromatic N) is 1. The Balaban J connectivity index is 2.80. The minimum atomic E-state index is -3.40. The number of rotatable bonds is 6. The standard InChI is InChI=1S/C12H16N2O2S2/c1-10(8-17-2)14-18(15,16)9-12-6-4-3-5-11(12)7-13/h3-6,10,14H,8-9H2,1-2H3. The highest BCUT2D eigenvalue weighted by Crippen LogP contribution is 2.11. The van der Waals surface area contributed by atoms with Crippen molar-refractivity contribution in [3.05, 3.63) is 35.4 Å². The van der Waals surface area contributed by atoms with Crippen molar-refractivity contribution >= 4 is 21.8 Å². The lowest BCUT2D eigenvalue weighted by Crippen LogP contribution is -2.35. The Kier molecular flexibility index (Phi) is 5.66. The molecular weight excluding hydrogens is 268 g/mol. The van der Waals surface area contributed by atoms with Gasteiger partial charge in [0.1, 0.15) is 0 Å². The number of sulfonamides is 1. The van der Waals surface area contributed by atoms with Gasteiger partial charge in [-0.3, -0.25) is 0 Å². The first-order chi connectivity index (χ1) is 8.48. The molecule has 0 aromatic heterocycles. The Morgan fingerprint density at radius 3 is 2.72 bits per heavy atom. The van der Waals surface area contributed by atoms with Crippen LogP contribution in [0.15, 0.2) is 24.3 Å². The van der Waals surface area contributed by atoms with Gasteiger partial charge in [-0.15, -0.1) is 0 Å². The van der Waals surface area contributed by atoms with Gasteiger partial charge < -0.3 is 0 Å². The maximum absolute atomic E-state index is 11.9. The molecular formula is C12H16N2O2S2. The van der Waals surface area contributed by atoms with E-state index in [9.17, 15) is 8.42 Å². The number of hydrogen-bond donors (Lipinski definition) is 1. The number of nitriles is 1. The molecule has 98 valence electrons. The Hall–Kier alpha value is -1.03. The molecule has 0 bridgehead atoms. The monoisotopic (exact) mass is 284 g/mol. The summed E-state index contributed by atoms with van der Waals surface area (Å²) in [6.45, 7) is 1.82. The molecule has 1 atom stereocenters. The summed E-state index contributed by atoms with van der Waals surface area (Å²) in [5, 5.41) is 8.91. The second kappa shape index (κ2) is 6.78. The molecule has 1 aromatic carbocycles. The van der Waals surface area contributed by atoms with Gasteiger partial charge in [-0.2, -0.15) is 17.0 Å². The van der Waals surface area contributed by atoms with Crippen molar-refractivity contribution < 1.29 is 8.42 Å². The SMILES string of the molecule is CSCC(C)NS(=O)(=O)Cc1ccccc1C#N. The zero-order chi connectivity index (χ0) is 13.6. The molecule has 0 fully saturated rings. The van der Waals surface area contributed by atoms with E-state index < -0.39 is 10.0 Å². The molecule has 4 nitrogen and oxygen atoms in total. The lowest BCUT2D eigenvalue weighted by atomic mass is 10.1. The van der Waals surface area contributed by atoms with E-state index in [4.69, 9.17) is 5.26 Å². The lowest BCUT2D eigenvalue weighted by Gasteiger charge is -2.13. The van der Waals surface area contributed by atoms with Gasteiger partial charge in [-0.05, 0) is 24.8 Å². The summed E-state index contributed by atoms with van der Waals surface area (Å²) in [4.78, 5) is 0. The van der Waals surface area contributed by atoms with Crippen molar-refractivity contribution in [2.75, 3.05) is 12.0 Å². The van der Waals surface area contributed by atoms with Crippen LogP contribution in [0.3, 0.4) is 0 Å². The zero-order valence-corrected chi connectivity index (χ0v) is 12.0. The summed E-state index contributed by atoms with van der Waals surface area (Å²) in [6.07, 6.45) is 1.93. The molecule has 0 spiro atoms. The summed E-state index contributed by atoms with van der Waals surface area (Å²) in [6, 6.07) is 8.63. The van der Waals surface area contributed by atoms with Crippen LogP contribution in [0.5, 0.6) is 0 Å². The van der Waals surface area contributed by atoms with Gasteiger partial charge in [-0.1, -0.05) is 18.2 Å². The van der Waals surface area contributed by atoms with E-state index in [1.54, 1.807) is 36.0 Å². The van der Waals surface area contributed by atoms with Gasteiger partial charge >= 0.3 is 0 Å². The molecule has 1 aromatic rings. The first-order valence-electron chi connectivity index (χ1n) is 5.45. The van der Waals surface area contributed by atoms with Crippen molar-refractivity contribution in [1.29, 1.82) is 5.26 Å². The normalized spacial score (nSPS) is 12.9. The largest absolute Gasteiger partial charge is 0.216 e. The van der Waals surface area contributed by atoms with E-state index in [0.717, 1.165) is 5.75 Å². The van der Waals surface area contributed by atoms with Crippen LogP contribution < -0.4 is 4.72 Å². The minimum absolute atomic E-state index is 0.112. The van der Waals surface area contributed by atoms with Crippen molar-refractivity contribution in [2.45, 2.75) is 18.7 Å². The van der Waals surface area contributed by atoms with Gasteiger partial charge in [0, 0.05) is 11.8 Å². The van der Waals surface area contributed by atoms with Crippen LogP contribution in [0.4, 0.5) is 0 Å². The first-order valence-corrected chi connectivity index (χ1v) is 8.50. The third-order valence-electron chi connectivity index (χ3n) is 2.28. The maximum atomic E-state index is 11.9. The molecule has 0 aliphatic carbocycles. The van der Waals surface area contributed by atoms with Crippen LogP contribution in [0.25, 0.3) is 0 Å². The number of thioether (sulfide) groups is 1. The fourth-order valence-electron chi connectivity index (χ4n) is 1.59. The van der Waals surface area contributed by atoms with Gasteiger partial charge in [-0.25, -0.2) is 13.1 Å². The van der Waals surface area contributed by atoms with Crippen LogP contribution in [0.2, 0.25) is 0 Å². The Morgan fingerprint density at radius 1 is 1.44 bits per heavy atom. The van der Waals surface area contributed by atoms with Crippen LogP contribution in [0.1, 0.15) is 18.1 Å². The van der Waals surface area contributed by atoms with Crippen molar-refractivity contribution in [1.82, 2.24) is 4.72 Å². The lowest BCUT2D eigenvalue weighted by molar-refractivity contribution is 0.570. The maximum Gasteiger partial charge on any atom is 0.216 e. The molecule has 1 rings (SSSR count). The average molecular weight is 284 g/mol. The number of hydrogen-bond acceptors (Lipinski definition) is 4. The Morgan fingerprint density at radius 2 is 2.11 bits per heavy atom. The van der Waals surface area contributed by atoms with Gasteiger partial charge in [0.2, 0.25) is 10.0 Å². The molecule has 0 aliphatic heterocycles. The van der Waals surface area contributed by atoms with E-state index in [1.165, 1.54) is 0 Å². The van der Waals surface area contributed by atoms with Crippen LogP contribution in [-0.2, 0) is 15.8 Å². The summed E-state index contributed by atoms with van der Waals surface area (Å²) >= 11 is 1.59. The van der Waals surface area contributed by atoms with E-state index in [-0.39, 0.29) is 11.8 Å². The molecule has 0 heterocycles. The fraction of sp³-hybridized carbons (Fsp3) is 0.417. The highest BCUT2D eigenvalue weighted by molar-refractivity contribution is 7.98. The molecule has 0 aliphatic rings. The van der Waals surface area contributed by atoms with E-state index in [2.05, 4.69) is 4.72 Å². The predicted molar refractivity (Wildman–Crippen MR) is 74.8 cm³/mol. The Labute approximate surface area is 112 Å². The van der Waals surface area contributed by atoms with Crippen LogP contribution >= 0.6 is 11.8 Å². The molecule has 0 amide bonds. The molecule has 0 saturated carbocycles. The zero-order valence-electron chi connectivity index (χ0n) is 10.4. The predicted octanol–water partition coefficient (Wildman–Crippen LogP) is 1.73. The minimum Gasteiger partial charge on any atom is -0.212 e. The summed E-state index contributed by atoms with van der Waals surface area (Å²) in [5.74, 6) is 0.564. The molecule has 1 unspecified atom stereocenters. The van der Waals surface area contributed by atoms with Crippen molar-refractivity contribution in [3.63, 3.8) is 0 Å². The topological polar surface area (TPSA) is 70.0 Å². The fourth-order valence-corrected chi connectivity index (χ4v) is 3.72. The third-order valence-corrected chi connectivity index (χ3v) is 4.57. The van der Waals surface area contributed by atoms with E-state index >= 15 is 0 Å². The smallest absolute Gasteiger partial charge is 0.212 e. The molecule has 18 heavy (non-hydrogen) atoms. The second-order valence-corrected chi connectivity index (χ2v) is 6.67. The van der Waals surface area contributed by atoms with Gasteiger partial charge in [0.25, 0.3) is 0 Å². The van der Waals surface area contributed by atoms with Crippen LogP contribution in [0, 0.1) is 11.3 Å².